The molecule has 0 atom stereocenters. The summed E-state index contributed by atoms with van der Waals surface area (Å²) in [6.07, 6.45) is 6.78. The number of aromatic amines is 1. The van der Waals surface area contributed by atoms with Gasteiger partial charge in [0.2, 0.25) is 0 Å². The van der Waals surface area contributed by atoms with Crippen LogP contribution >= 0.6 is 0 Å². The third-order valence-electron chi connectivity index (χ3n) is 3.95. The molecule has 0 bridgehead atoms. The van der Waals surface area contributed by atoms with Gasteiger partial charge in [0.1, 0.15) is 17.1 Å². The first kappa shape index (κ1) is 14.5. The maximum absolute atomic E-state index is 5.56. The molecule has 0 unspecified atom stereocenters. The standard InChI is InChI=1S/C19H12N6O/c1-2-8-21-13(4-1)17-24-18-19(25-17)23-16(14-5-3-11-26-14)15(22-18)12-6-9-20-10-7-12/h1-11H,(H,22,23,24,25). The van der Waals surface area contributed by atoms with Crippen molar-refractivity contribution >= 4 is 11.3 Å². The van der Waals surface area contributed by atoms with Crippen LogP contribution in [0.25, 0.3) is 45.5 Å². The summed E-state index contributed by atoms with van der Waals surface area (Å²) in [5, 5.41) is 0. The van der Waals surface area contributed by atoms with Crippen molar-refractivity contribution in [1.29, 1.82) is 0 Å². The average Bonchev–Trinajstić information content (AvgIpc) is 3.38. The van der Waals surface area contributed by atoms with Crippen molar-refractivity contribution in [2.24, 2.45) is 0 Å². The molecule has 0 spiro atoms. The second kappa shape index (κ2) is 5.89. The molecular weight excluding hydrogens is 328 g/mol. The van der Waals surface area contributed by atoms with Crippen LogP contribution in [0.2, 0.25) is 0 Å². The first-order valence-corrected chi connectivity index (χ1v) is 8.02. The lowest BCUT2D eigenvalue weighted by molar-refractivity contribution is 0.580. The summed E-state index contributed by atoms with van der Waals surface area (Å²) >= 11 is 0. The highest BCUT2D eigenvalue weighted by molar-refractivity contribution is 5.82. The largest absolute Gasteiger partial charge is 0.463 e. The predicted octanol–water partition coefficient (Wildman–Crippen LogP) is 3.74. The van der Waals surface area contributed by atoms with Crippen LogP contribution in [0.3, 0.4) is 0 Å². The molecule has 0 aliphatic heterocycles. The Balaban J connectivity index is 1.75. The summed E-state index contributed by atoms with van der Waals surface area (Å²) in [4.78, 5) is 25.6. The van der Waals surface area contributed by atoms with E-state index in [-0.39, 0.29) is 0 Å². The van der Waals surface area contributed by atoms with Crippen molar-refractivity contribution in [2.45, 2.75) is 0 Å². The van der Waals surface area contributed by atoms with Gasteiger partial charge < -0.3 is 9.40 Å². The zero-order chi connectivity index (χ0) is 17.3. The maximum Gasteiger partial charge on any atom is 0.198 e. The van der Waals surface area contributed by atoms with Crippen LogP contribution in [-0.2, 0) is 0 Å². The molecule has 1 N–H and O–H groups in total. The molecule has 7 nitrogen and oxygen atoms in total. The lowest BCUT2D eigenvalue weighted by atomic mass is 10.1. The third kappa shape index (κ3) is 2.42. The number of rotatable bonds is 3. The minimum Gasteiger partial charge on any atom is -0.463 e. The lowest BCUT2D eigenvalue weighted by Crippen LogP contribution is -1.94. The molecule has 0 amide bonds. The molecule has 0 saturated carbocycles. The van der Waals surface area contributed by atoms with Gasteiger partial charge in [0.25, 0.3) is 0 Å². The topological polar surface area (TPSA) is 93.4 Å². The fourth-order valence-corrected chi connectivity index (χ4v) is 2.75. The van der Waals surface area contributed by atoms with Gasteiger partial charge >= 0.3 is 0 Å². The minimum atomic E-state index is 0.521. The summed E-state index contributed by atoms with van der Waals surface area (Å²) in [7, 11) is 0. The van der Waals surface area contributed by atoms with Gasteiger partial charge in [-0.1, -0.05) is 6.07 Å². The van der Waals surface area contributed by atoms with Crippen molar-refractivity contribution in [1.82, 2.24) is 29.9 Å². The fourth-order valence-electron chi connectivity index (χ4n) is 2.75. The van der Waals surface area contributed by atoms with E-state index in [4.69, 9.17) is 14.4 Å². The molecule has 0 aliphatic carbocycles. The van der Waals surface area contributed by atoms with Crippen LogP contribution in [0.5, 0.6) is 0 Å². The molecule has 0 saturated heterocycles. The number of nitrogens with one attached hydrogen (secondary N) is 1. The Bertz CT molecular complexity index is 1170. The predicted molar refractivity (Wildman–Crippen MR) is 95.8 cm³/mol. The fraction of sp³-hybridized carbons (Fsp3) is 0. The second-order valence-electron chi connectivity index (χ2n) is 5.61. The Morgan fingerprint density at radius 1 is 0.808 bits per heavy atom. The van der Waals surface area contributed by atoms with Gasteiger partial charge in [-0.05, 0) is 36.4 Å². The van der Waals surface area contributed by atoms with Crippen molar-refractivity contribution in [2.75, 3.05) is 0 Å². The highest BCUT2D eigenvalue weighted by Crippen LogP contribution is 2.31. The number of nitrogens with zero attached hydrogens (tertiary/aromatic N) is 5. The molecule has 5 heterocycles. The first-order valence-electron chi connectivity index (χ1n) is 8.02. The van der Waals surface area contributed by atoms with Crippen molar-refractivity contribution in [3.05, 3.63) is 67.3 Å². The van der Waals surface area contributed by atoms with Crippen LogP contribution in [0.15, 0.2) is 71.7 Å². The van der Waals surface area contributed by atoms with Crippen LogP contribution in [0, 0.1) is 0 Å². The quantitative estimate of drug-likeness (QED) is 0.538. The minimum absolute atomic E-state index is 0.521. The van der Waals surface area contributed by atoms with Gasteiger partial charge in [0.15, 0.2) is 22.9 Å². The van der Waals surface area contributed by atoms with E-state index in [0.29, 0.717) is 34.3 Å². The van der Waals surface area contributed by atoms with E-state index >= 15 is 0 Å². The van der Waals surface area contributed by atoms with E-state index < -0.39 is 0 Å². The van der Waals surface area contributed by atoms with E-state index in [9.17, 15) is 0 Å². The monoisotopic (exact) mass is 340 g/mol. The van der Waals surface area contributed by atoms with E-state index in [1.165, 1.54) is 0 Å². The molecule has 124 valence electrons. The number of imidazole rings is 1. The highest BCUT2D eigenvalue weighted by Gasteiger charge is 2.18. The summed E-state index contributed by atoms with van der Waals surface area (Å²) in [6.45, 7) is 0. The number of pyridine rings is 2. The zero-order valence-electron chi connectivity index (χ0n) is 13.5. The Hall–Kier alpha value is -3.87. The Kier molecular flexibility index (Phi) is 3.28. The Morgan fingerprint density at radius 2 is 1.73 bits per heavy atom. The first-order chi connectivity index (χ1) is 12.9. The van der Waals surface area contributed by atoms with E-state index in [0.717, 1.165) is 11.3 Å². The van der Waals surface area contributed by atoms with Crippen molar-refractivity contribution < 1.29 is 4.42 Å². The van der Waals surface area contributed by atoms with Crippen LogP contribution in [-0.4, -0.2) is 29.9 Å². The smallest absolute Gasteiger partial charge is 0.198 e. The SMILES string of the molecule is c1ccc(-c2nc3nc(-c4ccncc4)c(-c4ccco4)nc3[nH]2)nc1. The van der Waals surface area contributed by atoms with E-state index in [2.05, 4.69) is 19.9 Å². The molecule has 5 aromatic rings. The van der Waals surface area contributed by atoms with Gasteiger partial charge in [-0.2, -0.15) is 0 Å². The van der Waals surface area contributed by atoms with Gasteiger partial charge in [-0.25, -0.2) is 15.0 Å². The summed E-state index contributed by atoms with van der Waals surface area (Å²) in [5.74, 6) is 1.26. The van der Waals surface area contributed by atoms with Gasteiger partial charge in [0.05, 0.1) is 6.26 Å². The number of H-pyrrole nitrogens is 1. The molecule has 0 radical (unpaired) electrons. The number of fused-ring (bicyclic) bond motifs is 1. The van der Waals surface area contributed by atoms with Crippen molar-refractivity contribution in [3.63, 3.8) is 0 Å². The van der Waals surface area contributed by atoms with Crippen LogP contribution in [0.4, 0.5) is 0 Å². The molecule has 5 aromatic heterocycles. The summed E-state index contributed by atoms with van der Waals surface area (Å²) in [6, 6.07) is 13.1. The molecule has 0 fully saturated rings. The highest BCUT2D eigenvalue weighted by atomic mass is 16.3. The number of hydrogen-bond acceptors (Lipinski definition) is 6. The van der Waals surface area contributed by atoms with Gasteiger partial charge in [-0.15, -0.1) is 0 Å². The van der Waals surface area contributed by atoms with Gasteiger partial charge in [-0.3, -0.25) is 9.97 Å². The van der Waals surface area contributed by atoms with E-state index in [1.54, 1.807) is 24.9 Å². The van der Waals surface area contributed by atoms with E-state index in [1.807, 2.05) is 42.5 Å². The molecule has 0 aromatic carbocycles. The van der Waals surface area contributed by atoms with Crippen LogP contribution < -0.4 is 0 Å². The van der Waals surface area contributed by atoms with Crippen molar-refractivity contribution in [3.8, 4) is 34.2 Å². The number of furan rings is 1. The second-order valence-corrected chi connectivity index (χ2v) is 5.61. The maximum atomic E-state index is 5.56. The molecule has 7 heteroatoms. The Labute approximate surface area is 147 Å². The lowest BCUT2D eigenvalue weighted by Gasteiger charge is -2.05. The normalized spacial score (nSPS) is 11.1. The van der Waals surface area contributed by atoms with Gasteiger partial charge in [0, 0.05) is 24.2 Å². The molecule has 5 rings (SSSR count). The number of aromatic nitrogens is 6. The summed E-state index contributed by atoms with van der Waals surface area (Å²) in [5.41, 5.74) is 4.06. The Morgan fingerprint density at radius 3 is 2.50 bits per heavy atom. The molecule has 26 heavy (non-hydrogen) atoms. The number of hydrogen-bond donors (Lipinski definition) is 1. The summed E-state index contributed by atoms with van der Waals surface area (Å²) < 4.78 is 5.56. The molecule has 0 aliphatic rings. The zero-order valence-corrected chi connectivity index (χ0v) is 13.5. The molecular formula is C19H12N6O. The third-order valence-corrected chi connectivity index (χ3v) is 3.95. The average molecular weight is 340 g/mol. The van der Waals surface area contributed by atoms with Crippen LogP contribution in [0.1, 0.15) is 0 Å².